The fourth-order valence-electron chi connectivity index (χ4n) is 1.11. The van der Waals surface area contributed by atoms with Gasteiger partial charge in [0.05, 0.1) is 10.1 Å². The van der Waals surface area contributed by atoms with Gasteiger partial charge in [-0.1, -0.05) is 0 Å². The van der Waals surface area contributed by atoms with Crippen LogP contribution < -0.4 is 5.73 Å². The summed E-state index contributed by atoms with van der Waals surface area (Å²) in [4.78, 5) is 0. The molecule has 2 aromatic rings. The van der Waals surface area contributed by atoms with Crippen LogP contribution in [0.25, 0.3) is 10.1 Å². The zero-order valence-electron chi connectivity index (χ0n) is 6.04. The summed E-state index contributed by atoms with van der Waals surface area (Å²) >= 11 is 4.80. The first-order chi connectivity index (χ1) is 5.70. The van der Waals surface area contributed by atoms with Crippen LogP contribution in [-0.4, -0.2) is 5.11 Å². The Bertz CT molecular complexity index is 438. The number of benzene rings is 1. The third-order valence-electron chi connectivity index (χ3n) is 1.68. The second-order valence-corrected chi connectivity index (χ2v) is 4.20. The lowest BCUT2D eigenvalue weighted by atomic mass is 10.2. The molecular weight excluding hydrogens is 238 g/mol. The highest BCUT2D eigenvalue weighted by Gasteiger charge is 2.08. The van der Waals surface area contributed by atoms with Crippen molar-refractivity contribution in [3.8, 4) is 5.75 Å². The summed E-state index contributed by atoms with van der Waals surface area (Å²) in [6.07, 6.45) is 0. The predicted octanol–water partition coefficient (Wildman–Crippen LogP) is 2.95. The zero-order valence-corrected chi connectivity index (χ0v) is 8.45. The SMILES string of the molecule is Nc1ccc(Br)c2c(O)csc12. The number of hydrogen-bond acceptors (Lipinski definition) is 3. The number of fused-ring (bicyclic) bond motifs is 1. The van der Waals surface area contributed by atoms with Crippen LogP contribution in [0.2, 0.25) is 0 Å². The van der Waals surface area contributed by atoms with Gasteiger partial charge >= 0.3 is 0 Å². The van der Waals surface area contributed by atoms with Gasteiger partial charge in [-0.15, -0.1) is 11.3 Å². The summed E-state index contributed by atoms with van der Waals surface area (Å²) in [5.41, 5.74) is 6.42. The van der Waals surface area contributed by atoms with Gasteiger partial charge in [0.1, 0.15) is 5.75 Å². The van der Waals surface area contributed by atoms with Crippen molar-refractivity contribution in [2.45, 2.75) is 0 Å². The first kappa shape index (κ1) is 7.89. The third kappa shape index (κ3) is 0.990. The number of thiophene rings is 1. The molecule has 0 radical (unpaired) electrons. The highest BCUT2D eigenvalue weighted by molar-refractivity contribution is 9.10. The van der Waals surface area contributed by atoms with Crippen LogP contribution >= 0.6 is 27.3 Å². The number of aromatic hydroxyl groups is 1. The Hall–Kier alpha value is -0.740. The van der Waals surface area contributed by atoms with E-state index in [-0.39, 0.29) is 5.75 Å². The van der Waals surface area contributed by atoms with Crippen molar-refractivity contribution in [2.75, 3.05) is 5.73 Å². The quantitative estimate of drug-likeness (QED) is 0.700. The molecule has 62 valence electrons. The molecule has 0 amide bonds. The first-order valence-electron chi connectivity index (χ1n) is 3.34. The summed E-state index contributed by atoms with van der Waals surface area (Å²) in [5, 5.41) is 11.9. The third-order valence-corrected chi connectivity index (χ3v) is 3.36. The monoisotopic (exact) mass is 243 g/mol. The first-order valence-corrected chi connectivity index (χ1v) is 5.01. The summed E-state index contributed by atoms with van der Waals surface area (Å²) in [7, 11) is 0. The minimum absolute atomic E-state index is 0.286. The zero-order chi connectivity index (χ0) is 8.72. The second kappa shape index (κ2) is 2.64. The van der Waals surface area contributed by atoms with Crippen LogP contribution in [0.15, 0.2) is 22.0 Å². The van der Waals surface area contributed by atoms with Crippen LogP contribution in [0, 0.1) is 0 Å². The van der Waals surface area contributed by atoms with E-state index in [1.165, 1.54) is 11.3 Å². The van der Waals surface area contributed by atoms with Crippen molar-refractivity contribution < 1.29 is 5.11 Å². The Morgan fingerprint density at radius 2 is 2.17 bits per heavy atom. The Morgan fingerprint density at radius 1 is 1.42 bits per heavy atom. The fraction of sp³-hybridized carbons (Fsp3) is 0. The predicted molar refractivity (Wildman–Crippen MR) is 55.6 cm³/mol. The largest absolute Gasteiger partial charge is 0.506 e. The Balaban J connectivity index is 2.98. The molecule has 3 N–H and O–H groups in total. The molecule has 1 heterocycles. The maximum atomic E-state index is 9.44. The Morgan fingerprint density at radius 3 is 2.83 bits per heavy atom. The second-order valence-electron chi connectivity index (χ2n) is 2.46. The Kier molecular flexibility index (Phi) is 1.73. The lowest BCUT2D eigenvalue weighted by Gasteiger charge is -1.97. The molecular formula is C8H6BrNOS. The molecule has 0 aliphatic rings. The van der Waals surface area contributed by atoms with E-state index >= 15 is 0 Å². The molecule has 0 bridgehead atoms. The number of halogens is 1. The minimum Gasteiger partial charge on any atom is -0.506 e. The van der Waals surface area contributed by atoms with E-state index in [2.05, 4.69) is 15.9 Å². The van der Waals surface area contributed by atoms with Gasteiger partial charge in [-0.05, 0) is 28.1 Å². The van der Waals surface area contributed by atoms with Crippen molar-refractivity contribution in [3.05, 3.63) is 22.0 Å². The van der Waals surface area contributed by atoms with Gasteiger partial charge in [0.2, 0.25) is 0 Å². The van der Waals surface area contributed by atoms with Crippen molar-refractivity contribution in [3.63, 3.8) is 0 Å². The molecule has 0 spiro atoms. The molecule has 0 atom stereocenters. The van der Waals surface area contributed by atoms with Crippen LogP contribution in [0.5, 0.6) is 5.75 Å². The summed E-state index contributed by atoms with van der Waals surface area (Å²) in [6, 6.07) is 3.66. The topological polar surface area (TPSA) is 46.2 Å². The summed E-state index contributed by atoms with van der Waals surface area (Å²) < 4.78 is 1.81. The highest BCUT2D eigenvalue weighted by atomic mass is 79.9. The summed E-state index contributed by atoms with van der Waals surface area (Å²) in [5.74, 6) is 0.286. The molecule has 0 aliphatic heterocycles. The van der Waals surface area contributed by atoms with Crippen LogP contribution in [0.1, 0.15) is 0 Å². The number of rotatable bonds is 0. The smallest absolute Gasteiger partial charge is 0.135 e. The maximum Gasteiger partial charge on any atom is 0.135 e. The number of nitrogens with two attached hydrogens (primary N) is 1. The van der Waals surface area contributed by atoms with Gasteiger partial charge in [0.25, 0.3) is 0 Å². The van der Waals surface area contributed by atoms with Crippen LogP contribution in [0.3, 0.4) is 0 Å². The number of nitrogen functional groups attached to an aromatic ring is 1. The van der Waals surface area contributed by atoms with E-state index in [0.717, 1.165) is 14.6 Å². The normalized spacial score (nSPS) is 10.8. The van der Waals surface area contributed by atoms with Gasteiger partial charge in [0.15, 0.2) is 0 Å². The van der Waals surface area contributed by atoms with Crippen LogP contribution in [-0.2, 0) is 0 Å². The molecule has 12 heavy (non-hydrogen) atoms. The van der Waals surface area contributed by atoms with Crippen molar-refractivity contribution in [1.82, 2.24) is 0 Å². The van der Waals surface area contributed by atoms with Gasteiger partial charge in [-0.2, -0.15) is 0 Å². The molecule has 0 unspecified atom stereocenters. The maximum absolute atomic E-state index is 9.44. The van der Waals surface area contributed by atoms with Gasteiger partial charge in [-0.25, -0.2) is 0 Å². The molecule has 0 aliphatic carbocycles. The van der Waals surface area contributed by atoms with E-state index < -0.39 is 0 Å². The highest BCUT2D eigenvalue weighted by Crippen LogP contribution is 2.39. The van der Waals surface area contributed by atoms with E-state index in [0.29, 0.717) is 5.69 Å². The summed E-state index contributed by atoms with van der Waals surface area (Å²) in [6.45, 7) is 0. The van der Waals surface area contributed by atoms with E-state index in [9.17, 15) is 5.11 Å². The molecule has 1 aromatic carbocycles. The molecule has 4 heteroatoms. The molecule has 0 fully saturated rings. The number of hydrogen-bond donors (Lipinski definition) is 2. The molecule has 0 saturated heterocycles. The lowest BCUT2D eigenvalue weighted by molar-refractivity contribution is 0.483. The lowest BCUT2D eigenvalue weighted by Crippen LogP contribution is -1.83. The average Bonchev–Trinajstić information content (AvgIpc) is 2.42. The Labute approximate surface area is 81.8 Å². The van der Waals surface area contributed by atoms with Gasteiger partial charge < -0.3 is 10.8 Å². The van der Waals surface area contributed by atoms with Crippen LogP contribution in [0.4, 0.5) is 5.69 Å². The molecule has 2 nitrogen and oxygen atoms in total. The van der Waals surface area contributed by atoms with E-state index in [4.69, 9.17) is 5.73 Å². The molecule has 1 aromatic heterocycles. The van der Waals surface area contributed by atoms with Gasteiger partial charge in [-0.3, -0.25) is 0 Å². The van der Waals surface area contributed by atoms with Crippen molar-refractivity contribution in [2.24, 2.45) is 0 Å². The van der Waals surface area contributed by atoms with E-state index in [1.54, 1.807) is 5.38 Å². The fourth-order valence-corrected chi connectivity index (χ4v) is 2.66. The molecule has 2 rings (SSSR count). The van der Waals surface area contributed by atoms with Crippen molar-refractivity contribution >= 4 is 43.0 Å². The standard InChI is InChI=1S/C8H6BrNOS/c9-4-1-2-5(10)8-7(4)6(11)3-12-8/h1-3,11H,10H2. The minimum atomic E-state index is 0.286. The average molecular weight is 244 g/mol. The molecule has 0 saturated carbocycles. The number of anilines is 1. The van der Waals surface area contributed by atoms with Crippen molar-refractivity contribution in [1.29, 1.82) is 0 Å². The van der Waals surface area contributed by atoms with E-state index in [1.807, 2.05) is 12.1 Å². The van der Waals surface area contributed by atoms with Gasteiger partial charge in [0, 0.05) is 15.5 Å².